The molecule has 2 aromatic heterocycles. The van der Waals surface area contributed by atoms with E-state index in [-0.39, 0.29) is 5.97 Å². The number of hydrogen-bond donors (Lipinski definition) is 1. The maximum absolute atomic E-state index is 11.6. The molecule has 0 amide bonds. The van der Waals surface area contributed by atoms with Gasteiger partial charge in [-0.15, -0.1) is 0 Å². The standard InChI is InChI=1S/C14H15N3O2/c1-2-19-14(18)12-7-13(10-16-9-12)17-8-11-3-5-15-6-4-11/h3-7,9-10,17H,2,8H2,1H3. The molecule has 0 aromatic carbocycles. The highest BCUT2D eigenvalue weighted by atomic mass is 16.5. The Balaban J connectivity index is 2.01. The zero-order valence-electron chi connectivity index (χ0n) is 10.7. The second kappa shape index (κ2) is 6.49. The summed E-state index contributed by atoms with van der Waals surface area (Å²) in [5.41, 5.74) is 2.33. The molecule has 0 bridgehead atoms. The third kappa shape index (κ3) is 3.77. The maximum Gasteiger partial charge on any atom is 0.339 e. The number of anilines is 1. The summed E-state index contributed by atoms with van der Waals surface area (Å²) in [5, 5.41) is 3.20. The van der Waals surface area contributed by atoms with Gasteiger partial charge in [0.25, 0.3) is 0 Å². The summed E-state index contributed by atoms with van der Waals surface area (Å²) < 4.78 is 4.93. The SMILES string of the molecule is CCOC(=O)c1cncc(NCc2ccncc2)c1. The fraction of sp³-hybridized carbons (Fsp3) is 0.214. The zero-order valence-corrected chi connectivity index (χ0v) is 10.7. The topological polar surface area (TPSA) is 64.1 Å². The molecule has 0 spiro atoms. The van der Waals surface area contributed by atoms with Crippen LogP contribution in [-0.4, -0.2) is 22.5 Å². The molecule has 2 heterocycles. The third-order valence-electron chi connectivity index (χ3n) is 2.50. The lowest BCUT2D eigenvalue weighted by Crippen LogP contribution is -2.06. The van der Waals surface area contributed by atoms with Crippen molar-refractivity contribution < 1.29 is 9.53 Å². The van der Waals surface area contributed by atoms with Crippen molar-refractivity contribution in [3.63, 3.8) is 0 Å². The van der Waals surface area contributed by atoms with Gasteiger partial charge >= 0.3 is 5.97 Å². The number of rotatable bonds is 5. The first-order chi connectivity index (χ1) is 9.29. The van der Waals surface area contributed by atoms with Crippen molar-refractivity contribution in [3.8, 4) is 0 Å². The van der Waals surface area contributed by atoms with Crippen molar-refractivity contribution in [2.24, 2.45) is 0 Å². The first-order valence-electron chi connectivity index (χ1n) is 6.04. The number of aromatic nitrogens is 2. The number of pyridine rings is 2. The Bertz CT molecular complexity index is 543. The van der Waals surface area contributed by atoms with Gasteiger partial charge in [-0.3, -0.25) is 9.97 Å². The van der Waals surface area contributed by atoms with Crippen LogP contribution in [0.4, 0.5) is 5.69 Å². The maximum atomic E-state index is 11.6. The van der Waals surface area contributed by atoms with Crippen LogP contribution >= 0.6 is 0 Å². The minimum absolute atomic E-state index is 0.355. The highest BCUT2D eigenvalue weighted by Crippen LogP contribution is 2.11. The Morgan fingerprint density at radius 2 is 2.05 bits per heavy atom. The van der Waals surface area contributed by atoms with Gasteiger partial charge in [0.05, 0.1) is 17.9 Å². The molecule has 0 saturated heterocycles. The molecule has 5 nitrogen and oxygen atoms in total. The minimum Gasteiger partial charge on any atom is -0.462 e. The van der Waals surface area contributed by atoms with Crippen LogP contribution in [0.3, 0.4) is 0 Å². The molecule has 2 aromatic rings. The van der Waals surface area contributed by atoms with E-state index in [1.54, 1.807) is 31.6 Å². The fourth-order valence-corrected chi connectivity index (χ4v) is 1.57. The van der Waals surface area contributed by atoms with Crippen molar-refractivity contribution in [1.82, 2.24) is 9.97 Å². The molecular weight excluding hydrogens is 242 g/mol. The highest BCUT2D eigenvalue weighted by Gasteiger charge is 2.07. The van der Waals surface area contributed by atoms with E-state index < -0.39 is 0 Å². The second-order valence-corrected chi connectivity index (χ2v) is 3.89. The molecule has 0 fully saturated rings. The van der Waals surface area contributed by atoms with E-state index in [1.165, 1.54) is 6.20 Å². The molecule has 1 N–H and O–H groups in total. The number of nitrogens with zero attached hydrogens (tertiary/aromatic N) is 2. The molecule has 0 aliphatic rings. The van der Waals surface area contributed by atoms with Crippen LogP contribution in [-0.2, 0) is 11.3 Å². The lowest BCUT2D eigenvalue weighted by molar-refractivity contribution is 0.0526. The summed E-state index contributed by atoms with van der Waals surface area (Å²) in [5.74, 6) is -0.359. The van der Waals surface area contributed by atoms with Crippen LogP contribution in [0.25, 0.3) is 0 Å². The Morgan fingerprint density at radius 3 is 2.79 bits per heavy atom. The summed E-state index contributed by atoms with van der Waals surface area (Å²) in [6.45, 7) is 2.78. The lowest BCUT2D eigenvalue weighted by atomic mass is 10.2. The normalized spacial score (nSPS) is 9.95. The third-order valence-corrected chi connectivity index (χ3v) is 2.50. The van der Waals surface area contributed by atoms with Crippen LogP contribution in [0.15, 0.2) is 43.0 Å². The quantitative estimate of drug-likeness (QED) is 0.832. The van der Waals surface area contributed by atoms with E-state index >= 15 is 0 Å². The van der Waals surface area contributed by atoms with E-state index in [1.807, 2.05) is 12.1 Å². The fourth-order valence-electron chi connectivity index (χ4n) is 1.57. The van der Waals surface area contributed by atoms with Gasteiger partial charge in [-0.25, -0.2) is 4.79 Å². The van der Waals surface area contributed by atoms with Crippen LogP contribution < -0.4 is 5.32 Å². The number of hydrogen-bond acceptors (Lipinski definition) is 5. The number of carbonyl (C=O) groups is 1. The molecule has 0 atom stereocenters. The van der Waals surface area contributed by atoms with E-state index in [0.29, 0.717) is 18.7 Å². The van der Waals surface area contributed by atoms with Crippen LogP contribution in [0.1, 0.15) is 22.8 Å². The van der Waals surface area contributed by atoms with Crippen LogP contribution in [0.2, 0.25) is 0 Å². The van der Waals surface area contributed by atoms with Crippen molar-refractivity contribution in [2.45, 2.75) is 13.5 Å². The van der Waals surface area contributed by atoms with Crippen LogP contribution in [0.5, 0.6) is 0 Å². The van der Waals surface area contributed by atoms with Crippen molar-refractivity contribution in [1.29, 1.82) is 0 Å². The first-order valence-corrected chi connectivity index (χ1v) is 6.04. The summed E-state index contributed by atoms with van der Waals surface area (Å²) in [6, 6.07) is 5.58. The van der Waals surface area contributed by atoms with Gasteiger partial charge in [-0.2, -0.15) is 0 Å². The van der Waals surface area contributed by atoms with E-state index in [0.717, 1.165) is 11.3 Å². The molecule has 0 radical (unpaired) electrons. The number of nitrogens with one attached hydrogen (secondary N) is 1. The zero-order chi connectivity index (χ0) is 13.5. The Labute approximate surface area is 111 Å². The minimum atomic E-state index is -0.359. The molecule has 19 heavy (non-hydrogen) atoms. The van der Waals surface area contributed by atoms with Gasteiger partial charge in [0.2, 0.25) is 0 Å². The molecule has 0 aliphatic heterocycles. The van der Waals surface area contributed by atoms with Gasteiger partial charge in [0, 0.05) is 31.3 Å². The van der Waals surface area contributed by atoms with Crippen molar-refractivity contribution >= 4 is 11.7 Å². The lowest BCUT2D eigenvalue weighted by Gasteiger charge is -2.07. The van der Waals surface area contributed by atoms with Crippen LogP contribution in [0, 0.1) is 0 Å². The van der Waals surface area contributed by atoms with E-state index in [9.17, 15) is 4.79 Å². The smallest absolute Gasteiger partial charge is 0.339 e. The Hall–Kier alpha value is -2.43. The predicted molar refractivity (Wildman–Crippen MR) is 71.8 cm³/mol. The highest BCUT2D eigenvalue weighted by molar-refractivity contribution is 5.90. The Kier molecular flexibility index (Phi) is 4.44. The predicted octanol–water partition coefficient (Wildman–Crippen LogP) is 2.27. The molecule has 0 aliphatic carbocycles. The van der Waals surface area contributed by atoms with Crippen molar-refractivity contribution in [2.75, 3.05) is 11.9 Å². The average Bonchev–Trinajstić information content (AvgIpc) is 2.47. The molecule has 98 valence electrons. The summed E-state index contributed by atoms with van der Waals surface area (Å²) in [7, 11) is 0. The first kappa shape index (κ1) is 13.0. The van der Waals surface area contributed by atoms with Gasteiger partial charge in [-0.05, 0) is 30.7 Å². The monoisotopic (exact) mass is 257 g/mol. The molecule has 0 unspecified atom stereocenters. The Morgan fingerprint density at radius 1 is 1.26 bits per heavy atom. The number of ether oxygens (including phenoxy) is 1. The molecule has 0 saturated carbocycles. The summed E-state index contributed by atoms with van der Waals surface area (Å²) in [4.78, 5) is 19.6. The van der Waals surface area contributed by atoms with Gasteiger partial charge in [0.15, 0.2) is 0 Å². The average molecular weight is 257 g/mol. The summed E-state index contributed by atoms with van der Waals surface area (Å²) >= 11 is 0. The molecule has 5 heteroatoms. The molecule has 2 rings (SSSR count). The second-order valence-electron chi connectivity index (χ2n) is 3.89. The van der Waals surface area contributed by atoms with E-state index in [4.69, 9.17) is 4.74 Å². The van der Waals surface area contributed by atoms with E-state index in [2.05, 4.69) is 15.3 Å². The molecular formula is C14H15N3O2. The largest absolute Gasteiger partial charge is 0.462 e. The van der Waals surface area contributed by atoms with Gasteiger partial charge in [-0.1, -0.05) is 0 Å². The van der Waals surface area contributed by atoms with Gasteiger partial charge in [0.1, 0.15) is 0 Å². The summed E-state index contributed by atoms with van der Waals surface area (Å²) in [6.07, 6.45) is 6.65. The van der Waals surface area contributed by atoms with Gasteiger partial charge < -0.3 is 10.1 Å². The number of esters is 1. The number of carbonyl (C=O) groups excluding carboxylic acids is 1. The van der Waals surface area contributed by atoms with Crippen molar-refractivity contribution in [3.05, 3.63) is 54.1 Å².